The highest BCUT2D eigenvalue weighted by molar-refractivity contribution is 5.77. The average Bonchev–Trinajstić information content (AvgIpc) is 2.94. The van der Waals surface area contributed by atoms with E-state index in [0.717, 1.165) is 29.7 Å². The van der Waals surface area contributed by atoms with E-state index in [-0.39, 0.29) is 18.3 Å². The van der Waals surface area contributed by atoms with Gasteiger partial charge in [0.05, 0.1) is 11.0 Å². The van der Waals surface area contributed by atoms with Crippen molar-refractivity contribution in [3.63, 3.8) is 0 Å². The number of nitrogens with zero attached hydrogens (tertiary/aromatic N) is 2. The Kier molecular flexibility index (Phi) is 5.28. The summed E-state index contributed by atoms with van der Waals surface area (Å²) in [7, 11) is 1.99. The summed E-state index contributed by atoms with van der Waals surface area (Å²) < 4.78 is 20.6. The SMILES string of the molecule is Cn1c(CCCNC(=O)COc2ccccc2F)nc2ccccc21. The first-order valence-electron chi connectivity index (χ1n) is 8.19. The number of rotatable bonds is 7. The van der Waals surface area contributed by atoms with Gasteiger partial charge in [-0.2, -0.15) is 0 Å². The van der Waals surface area contributed by atoms with Crippen LogP contribution >= 0.6 is 0 Å². The smallest absolute Gasteiger partial charge is 0.257 e. The molecule has 0 bridgehead atoms. The molecule has 25 heavy (non-hydrogen) atoms. The fourth-order valence-electron chi connectivity index (χ4n) is 2.65. The number of benzene rings is 2. The van der Waals surface area contributed by atoms with Gasteiger partial charge in [-0.25, -0.2) is 9.37 Å². The lowest BCUT2D eigenvalue weighted by Gasteiger charge is -2.08. The number of hydrogen-bond donors (Lipinski definition) is 1. The van der Waals surface area contributed by atoms with Gasteiger partial charge in [-0.05, 0) is 30.7 Å². The molecule has 0 fully saturated rings. The summed E-state index contributed by atoms with van der Waals surface area (Å²) in [5.74, 6) is 0.320. The third-order valence-electron chi connectivity index (χ3n) is 3.97. The molecule has 1 N–H and O–H groups in total. The van der Waals surface area contributed by atoms with Crippen molar-refractivity contribution in [1.29, 1.82) is 0 Å². The fourth-order valence-corrected chi connectivity index (χ4v) is 2.65. The number of nitrogens with one attached hydrogen (secondary N) is 1. The third kappa shape index (κ3) is 4.15. The second-order valence-electron chi connectivity index (χ2n) is 5.75. The minimum absolute atomic E-state index is 0.0809. The fraction of sp³-hybridized carbons (Fsp3) is 0.263. The Bertz CT molecular complexity index is 876. The Balaban J connectivity index is 1.42. The molecular weight excluding hydrogens is 321 g/mol. The molecule has 0 unspecified atom stereocenters. The molecular formula is C19H20FN3O2. The number of aromatic nitrogens is 2. The maximum absolute atomic E-state index is 13.4. The zero-order valence-corrected chi connectivity index (χ0v) is 14.0. The number of fused-ring (bicyclic) bond motifs is 1. The van der Waals surface area contributed by atoms with Crippen molar-refractivity contribution in [2.24, 2.45) is 7.05 Å². The number of halogens is 1. The van der Waals surface area contributed by atoms with E-state index in [9.17, 15) is 9.18 Å². The second-order valence-corrected chi connectivity index (χ2v) is 5.75. The van der Waals surface area contributed by atoms with Crippen LogP contribution in [0.5, 0.6) is 5.75 Å². The summed E-state index contributed by atoms with van der Waals surface area (Å²) in [6, 6.07) is 14.0. The maximum Gasteiger partial charge on any atom is 0.257 e. The normalized spacial score (nSPS) is 10.8. The summed E-state index contributed by atoms with van der Waals surface area (Å²) in [6.45, 7) is 0.315. The number of aryl methyl sites for hydroxylation is 2. The van der Waals surface area contributed by atoms with Gasteiger partial charge in [-0.15, -0.1) is 0 Å². The van der Waals surface area contributed by atoms with Gasteiger partial charge in [0.2, 0.25) is 0 Å². The Hall–Kier alpha value is -2.89. The third-order valence-corrected chi connectivity index (χ3v) is 3.97. The number of hydrogen-bond acceptors (Lipinski definition) is 3. The molecule has 3 aromatic rings. The van der Waals surface area contributed by atoms with Crippen molar-refractivity contribution in [1.82, 2.24) is 14.9 Å². The van der Waals surface area contributed by atoms with Crippen LogP contribution in [0, 0.1) is 5.82 Å². The first-order chi connectivity index (χ1) is 12.1. The van der Waals surface area contributed by atoms with Crippen LogP contribution in [-0.2, 0) is 18.3 Å². The van der Waals surface area contributed by atoms with Crippen LogP contribution in [0.1, 0.15) is 12.2 Å². The van der Waals surface area contributed by atoms with Crippen molar-refractivity contribution in [3.8, 4) is 5.75 Å². The first-order valence-corrected chi connectivity index (χ1v) is 8.19. The van der Waals surface area contributed by atoms with Crippen LogP contribution in [0.3, 0.4) is 0 Å². The molecule has 0 radical (unpaired) electrons. The van der Waals surface area contributed by atoms with E-state index >= 15 is 0 Å². The molecule has 5 nitrogen and oxygen atoms in total. The number of carbonyl (C=O) groups is 1. The standard InChI is InChI=1S/C19H20FN3O2/c1-23-16-9-4-3-8-15(16)22-18(23)11-6-12-21-19(24)13-25-17-10-5-2-7-14(17)20/h2-5,7-10H,6,11-13H2,1H3,(H,21,24). The Morgan fingerprint density at radius 1 is 1.20 bits per heavy atom. The number of carbonyl (C=O) groups excluding carboxylic acids is 1. The molecule has 1 amide bonds. The Morgan fingerprint density at radius 2 is 1.96 bits per heavy atom. The maximum atomic E-state index is 13.4. The molecule has 3 rings (SSSR count). The highest BCUT2D eigenvalue weighted by atomic mass is 19.1. The Labute approximate surface area is 145 Å². The highest BCUT2D eigenvalue weighted by Crippen LogP contribution is 2.16. The van der Waals surface area contributed by atoms with E-state index in [1.54, 1.807) is 12.1 Å². The molecule has 1 heterocycles. The molecule has 6 heteroatoms. The van der Waals surface area contributed by atoms with Crippen LogP contribution in [-0.4, -0.2) is 28.6 Å². The summed E-state index contributed by atoms with van der Waals surface area (Å²) in [5, 5.41) is 2.77. The monoisotopic (exact) mass is 341 g/mol. The van der Waals surface area contributed by atoms with Crippen molar-refractivity contribution < 1.29 is 13.9 Å². The van der Waals surface area contributed by atoms with E-state index in [1.807, 2.05) is 31.3 Å². The Morgan fingerprint density at radius 3 is 2.76 bits per heavy atom. The zero-order valence-electron chi connectivity index (χ0n) is 14.0. The summed E-state index contributed by atoms with van der Waals surface area (Å²) >= 11 is 0. The van der Waals surface area contributed by atoms with Crippen molar-refractivity contribution in [2.45, 2.75) is 12.8 Å². The molecule has 0 aliphatic rings. The van der Waals surface area contributed by atoms with E-state index < -0.39 is 5.82 Å². The van der Waals surface area contributed by atoms with Gasteiger partial charge in [0, 0.05) is 20.0 Å². The number of imidazole rings is 1. The molecule has 2 aromatic carbocycles. The number of para-hydroxylation sites is 3. The van der Waals surface area contributed by atoms with Gasteiger partial charge >= 0.3 is 0 Å². The largest absolute Gasteiger partial charge is 0.481 e. The van der Waals surface area contributed by atoms with Crippen molar-refractivity contribution in [3.05, 3.63) is 60.2 Å². The van der Waals surface area contributed by atoms with Crippen LogP contribution < -0.4 is 10.1 Å². The average molecular weight is 341 g/mol. The van der Waals surface area contributed by atoms with Crippen molar-refractivity contribution >= 4 is 16.9 Å². The predicted octanol–water partition coefficient (Wildman–Crippen LogP) is 2.84. The van der Waals surface area contributed by atoms with Gasteiger partial charge in [0.15, 0.2) is 18.2 Å². The minimum atomic E-state index is -0.475. The second kappa shape index (κ2) is 7.79. The molecule has 0 aliphatic carbocycles. The van der Waals surface area contributed by atoms with Crippen LogP contribution in [0.15, 0.2) is 48.5 Å². The molecule has 0 atom stereocenters. The van der Waals surface area contributed by atoms with Gasteiger partial charge in [0.1, 0.15) is 5.82 Å². The van der Waals surface area contributed by atoms with Gasteiger partial charge < -0.3 is 14.6 Å². The van der Waals surface area contributed by atoms with Crippen LogP contribution in [0.4, 0.5) is 4.39 Å². The minimum Gasteiger partial charge on any atom is -0.481 e. The summed E-state index contributed by atoms with van der Waals surface area (Å²) in [4.78, 5) is 16.4. The number of ether oxygens (including phenoxy) is 1. The molecule has 0 spiro atoms. The molecule has 130 valence electrons. The lowest BCUT2D eigenvalue weighted by molar-refractivity contribution is -0.123. The van der Waals surface area contributed by atoms with E-state index in [2.05, 4.69) is 14.9 Å². The summed E-state index contributed by atoms with van der Waals surface area (Å²) in [5.41, 5.74) is 2.07. The van der Waals surface area contributed by atoms with Crippen molar-refractivity contribution in [2.75, 3.05) is 13.2 Å². The molecule has 0 saturated carbocycles. The quantitative estimate of drug-likeness (QED) is 0.672. The van der Waals surface area contributed by atoms with E-state index in [1.165, 1.54) is 12.1 Å². The highest BCUT2D eigenvalue weighted by Gasteiger charge is 2.08. The first kappa shape index (κ1) is 17.0. The van der Waals surface area contributed by atoms with E-state index in [0.29, 0.717) is 6.54 Å². The summed E-state index contributed by atoms with van der Waals surface area (Å²) in [6.07, 6.45) is 1.53. The van der Waals surface area contributed by atoms with Crippen LogP contribution in [0.2, 0.25) is 0 Å². The predicted molar refractivity (Wildman–Crippen MR) is 93.9 cm³/mol. The van der Waals surface area contributed by atoms with Gasteiger partial charge in [-0.3, -0.25) is 4.79 Å². The zero-order chi connectivity index (χ0) is 17.6. The van der Waals surface area contributed by atoms with E-state index in [4.69, 9.17) is 4.74 Å². The van der Waals surface area contributed by atoms with Crippen LogP contribution in [0.25, 0.3) is 11.0 Å². The molecule has 0 aliphatic heterocycles. The molecule has 1 aromatic heterocycles. The lowest BCUT2D eigenvalue weighted by Crippen LogP contribution is -2.30. The van der Waals surface area contributed by atoms with Gasteiger partial charge in [-0.1, -0.05) is 24.3 Å². The van der Waals surface area contributed by atoms with Gasteiger partial charge in [0.25, 0.3) is 5.91 Å². The lowest BCUT2D eigenvalue weighted by atomic mass is 10.3. The number of amides is 1. The topological polar surface area (TPSA) is 56.2 Å². The molecule has 0 saturated heterocycles.